The molecular weight excluding hydrogens is 416 g/mol. The minimum Gasteiger partial charge on any atom is -0.340 e. The molecule has 3 rings (SSSR count). The summed E-state index contributed by atoms with van der Waals surface area (Å²) >= 11 is 0. The molecule has 2 unspecified atom stereocenters. The molecule has 6 nitrogen and oxygen atoms in total. The van der Waals surface area contributed by atoms with Gasteiger partial charge in [0, 0.05) is 6.07 Å². The van der Waals surface area contributed by atoms with Gasteiger partial charge in [0.2, 0.25) is 11.8 Å². The maximum absolute atomic E-state index is 13.4. The Labute approximate surface area is 183 Å². The van der Waals surface area contributed by atoms with Crippen LogP contribution in [0.5, 0.6) is 0 Å². The number of halogens is 2. The maximum atomic E-state index is 13.4. The van der Waals surface area contributed by atoms with E-state index in [4.69, 9.17) is 5.73 Å². The summed E-state index contributed by atoms with van der Waals surface area (Å²) in [6.45, 7) is 0. The smallest absolute Gasteiger partial charge is 0.253 e. The Kier molecular flexibility index (Phi) is 7.41. The van der Waals surface area contributed by atoms with E-state index in [1.165, 1.54) is 0 Å². The van der Waals surface area contributed by atoms with Crippen LogP contribution in [0.3, 0.4) is 0 Å². The van der Waals surface area contributed by atoms with Gasteiger partial charge in [-0.3, -0.25) is 19.7 Å². The van der Waals surface area contributed by atoms with Crippen LogP contribution < -0.4 is 16.4 Å². The molecule has 0 spiro atoms. The van der Waals surface area contributed by atoms with Crippen molar-refractivity contribution in [1.29, 1.82) is 0 Å². The van der Waals surface area contributed by atoms with Gasteiger partial charge in [0.15, 0.2) is 0 Å². The second-order valence-electron chi connectivity index (χ2n) is 7.11. The van der Waals surface area contributed by atoms with Gasteiger partial charge in [-0.25, -0.2) is 8.78 Å². The molecule has 8 heteroatoms. The molecule has 3 aromatic carbocycles. The van der Waals surface area contributed by atoms with Crippen molar-refractivity contribution in [3.8, 4) is 0 Å². The summed E-state index contributed by atoms with van der Waals surface area (Å²) in [6.07, 6.45) is -0.358. The fourth-order valence-corrected chi connectivity index (χ4v) is 3.14. The fraction of sp³-hybridized carbons (Fsp3) is 0.125. The molecule has 0 saturated heterocycles. The SMILES string of the molecule is NC(C(=O)NC(=O)C(NC(=O)Cc1cc(F)cc(F)c1)c1ccccc1)c1ccccc1. The molecule has 0 aliphatic carbocycles. The monoisotopic (exact) mass is 437 g/mol. The first kappa shape index (κ1) is 22.8. The average Bonchev–Trinajstić information content (AvgIpc) is 2.77. The van der Waals surface area contributed by atoms with Gasteiger partial charge < -0.3 is 11.1 Å². The molecule has 0 radical (unpaired) electrons. The Morgan fingerprint density at radius 3 is 1.88 bits per heavy atom. The predicted molar refractivity (Wildman–Crippen MR) is 114 cm³/mol. The van der Waals surface area contributed by atoms with Crippen LogP contribution in [0.1, 0.15) is 28.8 Å². The molecule has 0 aliphatic heterocycles. The lowest BCUT2D eigenvalue weighted by atomic mass is 10.0. The van der Waals surface area contributed by atoms with Crippen LogP contribution in [0.15, 0.2) is 78.9 Å². The van der Waals surface area contributed by atoms with Gasteiger partial charge in [0.25, 0.3) is 5.91 Å². The molecule has 32 heavy (non-hydrogen) atoms. The number of amides is 3. The standard InChI is InChI=1S/C24H21F2N3O3/c25-18-11-15(12-19(26)14-18)13-20(30)28-22(17-9-5-2-6-10-17)24(32)29-23(31)21(27)16-7-3-1-4-8-16/h1-12,14,21-22H,13,27H2,(H,28,30)(H,29,31,32). The molecule has 0 fully saturated rings. The van der Waals surface area contributed by atoms with Gasteiger partial charge in [-0.15, -0.1) is 0 Å². The first-order valence-corrected chi connectivity index (χ1v) is 9.78. The van der Waals surface area contributed by atoms with Gasteiger partial charge in [-0.1, -0.05) is 60.7 Å². The molecule has 164 valence electrons. The van der Waals surface area contributed by atoms with Crippen molar-refractivity contribution in [2.45, 2.75) is 18.5 Å². The van der Waals surface area contributed by atoms with Crippen LogP contribution >= 0.6 is 0 Å². The first-order chi connectivity index (χ1) is 15.3. The van der Waals surface area contributed by atoms with Crippen molar-refractivity contribution in [3.63, 3.8) is 0 Å². The molecule has 0 heterocycles. The third kappa shape index (κ3) is 6.05. The molecule has 3 amide bonds. The minimum absolute atomic E-state index is 0.106. The van der Waals surface area contributed by atoms with Gasteiger partial charge in [0.1, 0.15) is 23.7 Å². The Morgan fingerprint density at radius 2 is 1.31 bits per heavy atom. The normalized spacial score (nSPS) is 12.5. The molecule has 2 atom stereocenters. The van der Waals surface area contributed by atoms with Gasteiger partial charge in [-0.05, 0) is 28.8 Å². The van der Waals surface area contributed by atoms with E-state index >= 15 is 0 Å². The summed E-state index contributed by atoms with van der Waals surface area (Å²) in [5.41, 5.74) is 6.98. The molecule has 0 bridgehead atoms. The summed E-state index contributed by atoms with van der Waals surface area (Å²) < 4.78 is 26.8. The molecular formula is C24H21F2N3O3. The second-order valence-corrected chi connectivity index (χ2v) is 7.11. The molecule has 0 aromatic heterocycles. The lowest BCUT2D eigenvalue weighted by molar-refractivity contribution is -0.134. The third-order valence-corrected chi connectivity index (χ3v) is 4.68. The fourth-order valence-electron chi connectivity index (χ4n) is 3.14. The first-order valence-electron chi connectivity index (χ1n) is 9.78. The largest absolute Gasteiger partial charge is 0.340 e. The molecule has 3 aromatic rings. The van der Waals surface area contributed by atoms with Crippen molar-refractivity contribution in [2.75, 3.05) is 0 Å². The van der Waals surface area contributed by atoms with E-state index in [0.717, 1.165) is 12.1 Å². The van der Waals surface area contributed by atoms with E-state index in [9.17, 15) is 23.2 Å². The number of carbonyl (C=O) groups is 3. The molecule has 0 saturated carbocycles. The Bertz CT molecular complexity index is 1090. The van der Waals surface area contributed by atoms with Crippen LogP contribution in [0.4, 0.5) is 8.78 Å². The zero-order valence-corrected chi connectivity index (χ0v) is 16.9. The number of carbonyl (C=O) groups excluding carboxylic acids is 3. The van der Waals surface area contributed by atoms with Crippen LogP contribution in [0.25, 0.3) is 0 Å². The van der Waals surface area contributed by atoms with Crippen LogP contribution in [-0.4, -0.2) is 17.7 Å². The third-order valence-electron chi connectivity index (χ3n) is 4.68. The zero-order valence-electron chi connectivity index (χ0n) is 16.9. The van der Waals surface area contributed by atoms with E-state index < -0.39 is 41.4 Å². The minimum atomic E-state index is -1.21. The number of benzene rings is 3. The zero-order chi connectivity index (χ0) is 23.1. The highest BCUT2D eigenvalue weighted by molar-refractivity contribution is 6.01. The van der Waals surface area contributed by atoms with Crippen molar-refractivity contribution in [2.24, 2.45) is 5.73 Å². The van der Waals surface area contributed by atoms with Crippen molar-refractivity contribution in [3.05, 3.63) is 107 Å². The average molecular weight is 437 g/mol. The lowest BCUT2D eigenvalue weighted by Crippen LogP contribution is -2.45. The van der Waals surface area contributed by atoms with Crippen LogP contribution in [0, 0.1) is 11.6 Å². The van der Waals surface area contributed by atoms with Gasteiger partial charge >= 0.3 is 0 Å². The summed E-state index contributed by atoms with van der Waals surface area (Å²) in [5, 5.41) is 4.74. The Balaban J connectivity index is 1.74. The number of hydrogen-bond donors (Lipinski definition) is 3. The van der Waals surface area contributed by atoms with Gasteiger partial charge in [-0.2, -0.15) is 0 Å². The summed E-state index contributed by atoms with van der Waals surface area (Å²) in [6, 6.07) is 17.2. The highest BCUT2D eigenvalue weighted by Crippen LogP contribution is 2.16. The number of rotatable bonds is 7. The summed E-state index contributed by atoms with van der Waals surface area (Å²) in [4.78, 5) is 37.9. The highest BCUT2D eigenvalue weighted by atomic mass is 19.1. The van der Waals surface area contributed by atoms with Gasteiger partial charge in [0.05, 0.1) is 6.42 Å². The Morgan fingerprint density at radius 1 is 0.781 bits per heavy atom. The van der Waals surface area contributed by atoms with Crippen LogP contribution in [0.2, 0.25) is 0 Å². The topological polar surface area (TPSA) is 101 Å². The number of imide groups is 1. The lowest BCUT2D eigenvalue weighted by Gasteiger charge is -2.20. The quantitative estimate of drug-likeness (QED) is 0.529. The summed E-state index contributed by atoms with van der Waals surface area (Å²) in [7, 11) is 0. The van der Waals surface area contributed by atoms with Crippen molar-refractivity contribution < 1.29 is 23.2 Å². The molecule has 0 aliphatic rings. The molecule has 4 N–H and O–H groups in total. The van der Waals surface area contributed by atoms with Crippen molar-refractivity contribution in [1.82, 2.24) is 10.6 Å². The number of nitrogens with one attached hydrogen (secondary N) is 2. The number of hydrogen-bond acceptors (Lipinski definition) is 4. The number of nitrogens with two attached hydrogens (primary N) is 1. The summed E-state index contributed by atoms with van der Waals surface area (Å²) in [5.74, 6) is -3.80. The maximum Gasteiger partial charge on any atom is 0.253 e. The van der Waals surface area contributed by atoms with E-state index in [1.807, 2.05) is 0 Å². The van der Waals surface area contributed by atoms with E-state index in [-0.39, 0.29) is 12.0 Å². The van der Waals surface area contributed by atoms with E-state index in [1.54, 1.807) is 60.7 Å². The van der Waals surface area contributed by atoms with Crippen molar-refractivity contribution >= 4 is 17.7 Å². The second kappa shape index (κ2) is 10.4. The van der Waals surface area contributed by atoms with E-state index in [2.05, 4.69) is 10.6 Å². The van der Waals surface area contributed by atoms with Crippen LogP contribution in [-0.2, 0) is 20.8 Å². The highest BCUT2D eigenvalue weighted by Gasteiger charge is 2.26. The Hall–Kier alpha value is -3.91. The predicted octanol–water partition coefficient (Wildman–Crippen LogP) is 2.71. The van der Waals surface area contributed by atoms with E-state index in [0.29, 0.717) is 17.2 Å².